The summed E-state index contributed by atoms with van der Waals surface area (Å²) in [4.78, 5) is 20.8. The van der Waals surface area contributed by atoms with E-state index >= 15 is 0 Å². The average Bonchev–Trinajstić information content (AvgIpc) is 3.33. The molecular formula is C16H19N3O2S. The Balaban J connectivity index is 1.74. The van der Waals surface area contributed by atoms with Gasteiger partial charge in [-0.3, -0.25) is 4.79 Å². The molecule has 1 aliphatic heterocycles. The summed E-state index contributed by atoms with van der Waals surface area (Å²) in [7, 11) is 0. The van der Waals surface area contributed by atoms with Crippen molar-refractivity contribution in [2.45, 2.75) is 25.3 Å². The van der Waals surface area contributed by atoms with E-state index in [0.717, 1.165) is 10.2 Å². The molecule has 0 spiro atoms. The summed E-state index contributed by atoms with van der Waals surface area (Å²) >= 11 is 1.39. The van der Waals surface area contributed by atoms with Crippen LogP contribution in [0.5, 0.6) is 0 Å². The maximum Gasteiger partial charge on any atom is 0.266 e. The van der Waals surface area contributed by atoms with E-state index in [0.29, 0.717) is 36.2 Å². The lowest BCUT2D eigenvalue weighted by Crippen LogP contribution is -2.58. The number of pyridine rings is 1. The van der Waals surface area contributed by atoms with Crippen molar-refractivity contribution in [2.75, 3.05) is 25.5 Å². The molecule has 4 rings (SSSR count). The van der Waals surface area contributed by atoms with E-state index < -0.39 is 0 Å². The highest BCUT2D eigenvalue weighted by Crippen LogP contribution is 2.45. The molecule has 116 valence electrons. The number of carbonyl (C=O) groups is 1. The van der Waals surface area contributed by atoms with Gasteiger partial charge in [0.15, 0.2) is 0 Å². The summed E-state index contributed by atoms with van der Waals surface area (Å²) in [6, 6.07) is 3.77. The van der Waals surface area contributed by atoms with Crippen molar-refractivity contribution < 1.29 is 9.53 Å². The van der Waals surface area contributed by atoms with Gasteiger partial charge in [-0.25, -0.2) is 4.98 Å². The summed E-state index contributed by atoms with van der Waals surface area (Å²) in [5.41, 5.74) is 6.57. The van der Waals surface area contributed by atoms with E-state index in [1.54, 1.807) is 6.20 Å². The summed E-state index contributed by atoms with van der Waals surface area (Å²) in [5.74, 6) is 0.573. The van der Waals surface area contributed by atoms with Gasteiger partial charge in [0.2, 0.25) is 0 Å². The van der Waals surface area contributed by atoms with Crippen molar-refractivity contribution in [2.24, 2.45) is 5.92 Å². The van der Waals surface area contributed by atoms with Gasteiger partial charge in [-0.15, -0.1) is 11.3 Å². The Kier molecular flexibility index (Phi) is 3.13. The second-order valence-electron chi connectivity index (χ2n) is 6.34. The molecule has 2 aromatic rings. The zero-order valence-electron chi connectivity index (χ0n) is 12.5. The molecule has 1 atom stereocenters. The lowest BCUT2D eigenvalue weighted by Gasteiger charge is -2.45. The summed E-state index contributed by atoms with van der Waals surface area (Å²) in [6.45, 7) is 3.99. The van der Waals surface area contributed by atoms with Crippen molar-refractivity contribution in [3.63, 3.8) is 0 Å². The number of nitrogen functional groups attached to an aromatic ring is 1. The van der Waals surface area contributed by atoms with E-state index in [1.807, 2.05) is 17.0 Å². The first-order chi connectivity index (χ1) is 10.6. The number of ether oxygens (including phenoxy) is 1. The van der Waals surface area contributed by atoms with Gasteiger partial charge in [0.05, 0.1) is 24.4 Å². The Bertz CT molecular complexity index is 740. The molecule has 1 saturated heterocycles. The molecule has 0 aromatic carbocycles. The van der Waals surface area contributed by atoms with Gasteiger partial charge >= 0.3 is 0 Å². The summed E-state index contributed by atoms with van der Waals surface area (Å²) in [6.07, 6.45) is 4.08. The van der Waals surface area contributed by atoms with Crippen molar-refractivity contribution in [1.82, 2.24) is 9.88 Å². The number of thiophene rings is 1. The molecule has 0 bridgehead atoms. The fourth-order valence-electron chi connectivity index (χ4n) is 3.38. The zero-order valence-corrected chi connectivity index (χ0v) is 13.4. The van der Waals surface area contributed by atoms with Crippen LogP contribution in [0.15, 0.2) is 18.3 Å². The second-order valence-corrected chi connectivity index (χ2v) is 7.34. The minimum Gasteiger partial charge on any atom is -0.397 e. The smallest absolute Gasteiger partial charge is 0.266 e. The van der Waals surface area contributed by atoms with E-state index in [-0.39, 0.29) is 11.4 Å². The van der Waals surface area contributed by atoms with E-state index in [1.165, 1.54) is 24.2 Å². The zero-order chi connectivity index (χ0) is 15.3. The first-order valence-corrected chi connectivity index (χ1v) is 8.45. The summed E-state index contributed by atoms with van der Waals surface area (Å²) in [5, 5.41) is 0.872. The minimum absolute atomic E-state index is 0.0261. The van der Waals surface area contributed by atoms with Crippen molar-refractivity contribution in [3.8, 4) is 0 Å². The number of rotatable bonds is 2. The third-order valence-electron chi connectivity index (χ3n) is 4.87. The van der Waals surface area contributed by atoms with Gasteiger partial charge in [0.1, 0.15) is 9.71 Å². The van der Waals surface area contributed by atoms with Gasteiger partial charge in [0, 0.05) is 18.1 Å². The number of carbonyl (C=O) groups excluding carboxylic acids is 1. The quantitative estimate of drug-likeness (QED) is 0.924. The number of morpholine rings is 1. The molecule has 5 nitrogen and oxygen atoms in total. The molecule has 1 saturated carbocycles. The molecular weight excluding hydrogens is 298 g/mol. The number of hydrogen-bond acceptors (Lipinski definition) is 5. The van der Waals surface area contributed by atoms with Crippen LogP contribution in [-0.2, 0) is 4.74 Å². The number of anilines is 1. The fourth-order valence-corrected chi connectivity index (χ4v) is 4.39. The minimum atomic E-state index is -0.203. The predicted octanol–water partition coefficient (Wildman–Crippen LogP) is 2.52. The number of nitrogens with zero attached hydrogens (tertiary/aromatic N) is 2. The normalized spacial score (nSPS) is 25.6. The van der Waals surface area contributed by atoms with Crippen LogP contribution < -0.4 is 5.73 Å². The topological polar surface area (TPSA) is 68.5 Å². The van der Waals surface area contributed by atoms with Gasteiger partial charge in [0.25, 0.3) is 5.91 Å². The van der Waals surface area contributed by atoms with Gasteiger partial charge in [-0.1, -0.05) is 0 Å². The average molecular weight is 317 g/mol. The molecule has 0 radical (unpaired) electrons. The van der Waals surface area contributed by atoms with Crippen molar-refractivity contribution >= 4 is 33.1 Å². The predicted molar refractivity (Wildman–Crippen MR) is 87.0 cm³/mol. The van der Waals surface area contributed by atoms with Crippen LogP contribution in [0.2, 0.25) is 0 Å². The van der Waals surface area contributed by atoms with Gasteiger partial charge in [-0.05, 0) is 37.8 Å². The third kappa shape index (κ3) is 2.01. The Morgan fingerprint density at radius 1 is 1.55 bits per heavy atom. The maximum absolute atomic E-state index is 13.1. The molecule has 2 N–H and O–H groups in total. The monoisotopic (exact) mass is 317 g/mol. The highest BCUT2D eigenvalue weighted by molar-refractivity contribution is 7.21. The van der Waals surface area contributed by atoms with Crippen LogP contribution >= 0.6 is 11.3 Å². The third-order valence-corrected chi connectivity index (χ3v) is 5.99. The standard InChI is InChI=1S/C16H19N3O2S/c1-16(10-4-5-10)9-21-8-7-19(16)15(20)13-12(17)11-3-2-6-18-14(11)22-13/h2-3,6,10H,4-5,7-9,17H2,1H3. The SMILES string of the molecule is CC1(C2CC2)COCCN1C(=O)c1sc2ncccc2c1N. The van der Waals surface area contributed by atoms with Crippen LogP contribution in [0.25, 0.3) is 10.2 Å². The molecule has 1 unspecified atom stereocenters. The lowest BCUT2D eigenvalue weighted by atomic mass is 9.92. The number of hydrogen-bond donors (Lipinski definition) is 1. The van der Waals surface area contributed by atoms with Crippen LogP contribution in [0.3, 0.4) is 0 Å². The van der Waals surface area contributed by atoms with Gasteiger partial charge in [-0.2, -0.15) is 0 Å². The van der Waals surface area contributed by atoms with Crippen LogP contribution in [-0.4, -0.2) is 41.1 Å². The molecule has 1 amide bonds. The lowest BCUT2D eigenvalue weighted by molar-refractivity contribution is -0.0545. The van der Waals surface area contributed by atoms with Crippen molar-refractivity contribution in [3.05, 3.63) is 23.2 Å². The number of nitrogens with two attached hydrogens (primary N) is 1. The van der Waals surface area contributed by atoms with E-state index in [2.05, 4.69) is 11.9 Å². The van der Waals surface area contributed by atoms with Crippen LogP contribution in [0.1, 0.15) is 29.4 Å². The highest BCUT2D eigenvalue weighted by atomic mass is 32.1. The molecule has 3 heterocycles. The van der Waals surface area contributed by atoms with E-state index in [9.17, 15) is 4.79 Å². The molecule has 1 aliphatic carbocycles. The Morgan fingerprint density at radius 2 is 2.36 bits per heavy atom. The Morgan fingerprint density at radius 3 is 3.09 bits per heavy atom. The molecule has 2 aromatic heterocycles. The van der Waals surface area contributed by atoms with Crippen molar-refractivity contribution in [1.29, 1.82) is 0 Å². The first kappa shape index (κ1) is 14.0. The van der Waals surface area contributed by atoms with E-state index in [4.69, 9.17) is 10.5 Å². The number of aromatic nitrogens is 1. The second kappa shape index (κ2) is 4.93. The first-order valence-electron chi connectivity index (χ1n) is 7.64. The molecule has 6 heteroatoms. The number of fused-ring (bicyclic) bond motifs is 1. The molecule has 2 fully saturated rings. The van der Waals surface area contributed by atoms with Crippen LogP contribution in [0, 0.1) is 5.92 Å². The molecule has 22 heavy (non-hydrogen) atoms. The summed E-state index contributed by atoms with van der Waals surface area (Å²) < 4.78 is 5.66. The number of amides is 1. The van der Waals surface area contributed by atoms with Crippen LogP contribution in [0.4, 0.5) is 5.69 Å². The maximum atomic E-state index is 13.1. The molecule has 2 aliphatic rings. The largest absolute Gasteiger partial charge is 0.397 e. The highest BCUT2D eigenvalue weighted by Gasteiger charge is 2.49. The fraction of sp³-hybridized carbons (Fsp3) is 0.500. The Hall–Kier alpha value is -1.66. The van der Waals surface area contributed by atoms with Gasteiger partial charge < -0.3 is 15.4 Å². The Labute approximate surface area is 133 Å².